The van der Waals surface area contributed by atoms with Gasteiger partial charge in [0, 0.05) is 23.4 Å². The van der Waals surface area contributed by atoms with Gasteiger partial charge >= 0.3 is 0 Å². The van der Waals surface area contributed by atoms with Crippen molar-refractivity contribution in [2.45, 2.75) is 19.4 Å². The van der Waals surface area contributed by atoms with E-state index in [0.29, 0.717) is 23.4 Å². The Bertz CT molecular complexity index is 924. The molecule has 7 nitrogen and oxygen atoms in total. The van der Waals surface area contributed by atoms with Gasteiger partial charge in [0.1, 0.15) is 6.04 Å². The van der Waals surface area contributed by atoms with Crippen LogP contribution >= 0.6 is 0 Å². The number of hydrogen-bond donors (Lipinski definition) is 3. The molecule has 146 valence electrons. The summed E-state index contributed by atoms with van der Waals surface area (Å²) in [6.07, 6.45) is 0.437. The summed E-state index contributed by atoms with van der Waals surface area (Å²) in [5.41, 5.74) is 3.52. The van der Waals surface area contributed by atoms with E-state index in [4.69, 9.17) is 0 Å². The van der Waals surface area contributed by atoms with Gasteiger partial charge in [-0.15, -0.1) is 0 Å². The fourth-order valence-electron chi connectivity index (χ4n) is 3.13. The van der Waals surface area contributed by atoms with E-state index in [1.165, 1.54) is 0 Å². The zero-order chi connectivity index (χ0) is 20.3. The molecular weight excluding hydrogens is 356 g/mol. The van der Waals surface area contributed by atoms with Crippen LogP contribution in [0, 0.1) is 6.92 Å². The fourth-order valence-corrected chi connectivity index (χ4v) is 3.13. The van der Waals surface area contributed by atoms with Gasteiger partial charge < -0.3 is 20.9 Å². The lowest BCUT2D eigenvalue weighted by Crippen LogP contribution is -2.48. The van der Waals surface area contributed by atoms with Crippen LogP contribution < -0.4 is 16.0 Å². The molecule has 3 rings (SSSR count). The molecule has 28 heavy (non-hydrogen) atoms. The third-order valence-corrected chi connectivity index (χ3v) is 4.55. The average Bonchev–Trinajstić information content (AvgIpc) is 2.63. The fraction of sp³-hybridized carbons (Fsp3) is 0.286. The minimum absolute atomic E-state index is 0.137. The van der Waals surface area contributed by atoms with Crippen molar-refractivity contribution in [3.8, 4) is 0 Å². The molecule has 0 saturated carbocycles. The van der Waals surface area contributed by atoms with Crippen LogP contribution in [-0.2, 0) is 16.0 Å². The molecule has 0 aromatic heterocycles. The summed E-state index contributed by atoms with van der Waals surface area (Å²) < 4.78 is 0. The smallest absolute Gasteiger partial charge is 0.252 e. The number of amides is 3. The number of nitrogens with zero attached hydrogens (tertiary/aromatic N) is 1. The molecule has 3 amide bonds. The Morgan fingerprint density at radius 3 is 2.64 bits per heavy atom. The first kappa shape index (κ1) is 19.6. The van der Waals surface area contributed by atoms with Gasteiger partial charge in [-0.05, 0) is 50.3 Å². The molecule has 1 aliphatic heterocycles. The van der Waals surface area contributed by atoms with E-state index in [1.54, 1.807) is 29.2 Å². The van der Waals surface area contributed by atoms with Gasteiger partial charge in [0.25, 0.3) is 5.91 Å². The molecule has 0 fully saturated rings. The van der Waals surface area contributed by atoms with Crippen molar-refractivity contribution in [2.75, 3.05) is 31.3 Å². The number of benzene rings is 2. The maximum Gasteiger partial charge on any atom is 0.252 e. The molecule has 0 spiro atoms. The number of fused-ring (bicyclic) bond motifs is 1. The summed E-state index contributed by atoms with van der Waals surface area (Å²) in [4.78, 5) is 38.7. The third kappa shape index (κ3) is 4.55. The first-order valence-corrected chi connectivity index (χ1v) is 9.08. The van der Waals surface area contributed by atoms with Crippen molar-refractivity contribution < 1.29 is 14.4 Å². The lowest BCUT2D eigenvalue weighted by Gasteiger charge is -2.25. The monoisotopic (exact) mass is 380 g/mol. The van der Waals surface area contributed by atoms with E-state index in [9.17, 15) is 14.4 Å². The lowest BCUT2D eigenvalue weighted by atomic mass is 9.95. The molecule has 1 aliphatic rings. The molecule has 2 aromatic rings. The van der Waals surface area contributed by atoms with E-state index in [0.717, 1.165) is 11.1 Å². The van der Waals surface area contributed by atoms with Gasteiger partial charge in [-0.3, -0.25) is 14.4 Å². The number of nitrogens with one attached hydrogen (secondary N) is 3. The van der Waals surface area contributed by atoms with E-state index in [2.05, 4.69) is 16.0 Å². The van der Waals surface area contributed by atoms with E-state index in [1.807, 2.05) is 39.2 Å². The SMILES string of the molecule is Cc1ccc(NC(=O)CN(C)C)cc1NC(=O)C1Cc2ccccc2C(=O)N1. The van der Waals surface area contributed by atoms with Gasteiger partial charge in [0.05, 0.1) is 6.54 Å². The number of anilines is 2. The van der Waals surface area contributed by atoms with E-state index in [-0.39, 0.29) is 24.3 Å². The summed E-state index contributed by atoms with van der Waals surface area (Å²) in [6, 6.07) is 12.0. The molecule has 3 N–H and O–H groups in total. The Morgan fingerprint density at radius 1 is 1.14 bits per heavy atom. The second kappa shape index (κ2) is 8.22. The molecule has 0 saturated heterocycles. The highest BCUT2D eigenvalue weighted by molar-refractivity contribution is 6.04. The highest BCUT2D eigenvalue weighted by Crippen LogP contribution is 2.22. The van der Waals surface area contributed by atoms with Gasteiger partial charge in [-0.2, -0.15) is 0 Å². The average molecular weight is 380 g/mol. The molecule has 7 heteroatoms. The number of hydrogen-bond acceptors (Lipinski definition) is 4. The first-order valence-electron chi connectivity index (χ1n) is 9.08. The van der Waals surface area contributed by atoms with Crippen LogP contribution in [-0.4, -0.2) is 49.3 Å². The summed E-state index contributed by atoms with van der Waals surface area (Å²) >= 11 is 0. The van der Waals surface area contributed by atoms with Crippen LogP contribution in [0.25, 0.3) is 0 Å². The second-order valence-corrected chi connectivity index (χ2v) is 7.19. The maximum absolute atomic E-state index is 12.7. The topological polar surface area (TPSA) is 90.5 Å². The molecule has 2 aromatic carbocycles. The molecule has 0 bridgehead atoms. The van der Waals surface area contributed by atoms with E-state index < -0.39 is 6.04 Å². The number of aryl methyl sites for hydroxylation is 1. The Morgan fingerprint density at radius 2 is 1.89 bits per heavy atom. The van der Waals surface area contributed by atoms with Crippen LogP contribution in [0.5, 0.6) is 0 Å². The summed E-state index contributed by atoms with van der Waals surface area (Å²) in [5, 5.41) is 8.44. The third-order valence-electron chi connectivity index (χ3n) is 4.55. The molecule has 1 atom stereocenters. The van der Waals surface area contributed by atoms with Gasteiger partial charge in [-0.25, -0.2) is 0 Å². The summed E-state index contributed by atoms with van der Waals surface area (Å²) in [6.45, 7) is 2.14. The van der Waals surface area contributed by atoms with Crippen molar-refractivity contribution in [2.24, 2.45) is 0 Å². The molecular formula is C21H24N4O3. The Balaban J connectivity index is 1.71. The van der Waals surface area contributed by atoms with Crippen LogP contribution in [0.15, 0.2) is 42.5 Å². The van der Waals surface area contributed by atoms with Crippen molar-refractivity contribution in [1.82, 2.24) is 10.2 Å². The molecule has 1 unspecified atom stereocenters. The minimum atomic E-state index is -0.645. The standard InChI is InChI=1S/C21H24N4O3/c1-13-8-9-15(22-19(26)12-25(2)3)11-17(13)23-21(28)18-10-14-6-4-5-7-16(14)20(27)24-18/h4-9,11,18H,10,12H2,1-3H3,(H,22,26)(H,23,28)(H,24,27). The van der Waals surface area contributed by atoms with Gasteiger partial charge in [0.15, 0.2) is 0 Å². The van der Waals surface area contributed by atoms with Crippen molar-refractivity contribution in [3.05, 3.63) is 59.2 Å². The Kier molecular flexibility index (Phi) is 5.75. The zero-order valence-corrected chi connectivity index (χ0v) is 16.2. The Hall–Kier alpha value is -3.19. The molecule has 1 heterocycles. The van der Waals surface area contributed by atoms with Crippen LogP contribution in [0.3, 0.4) is 0 Å². The summed E-state index contributed by atoms with van der Waals surface area (Å²) in [7, 11) is 3.63. The van der Waals surface area contributed by atoms with Crippen LogP contribution in [0.4, 0.5) is 11.4 Å². The largest absolute Gasteiger partial charge is 0.340 e. The highest BCUT2D eigenvalue weighted by atomic mass is 16.2. The second-order valence-electron chi connectivity index (χ2n) is 7.19. The highest BCUT2D eigenvalue weighted by Gasteiger charge is 2.29. The van der Waals surface area contributed by atoms with Gasteiger partial charge in [-0.1, -0.05) is 24.3 Å². The quantitative estimate of drug-likeness (QED) is 0.738. The molecule has 0 aliphatic carbocycles. The predicted molar refractivity (Wildman–Crippen MR) is 108 cm³/mol. The minimum Gasteiger partial charge on any atom is -0.340 e. The first-order chi connectivity index (χ1) is 13.3. The van der Waals surface area contributed by atoms with Crippen molar-refractivity contribution in [3.63, 3.8) is 0 Å². The van der Waals surface area contributed by atoms with Crippen molar-refractivity contribution >= 4 is 29.1 Å². The van der Waals surface area contributed by atoms with Crippen molar-refractivity contribution in [1.29, 1.82) is 0 Å². The normalized spacial score (nSPS) is 15.6. The van der Waals surface area contributed by atoms with Crippen LogP contribution in [0.2, 0.25) is 0 Å². The van der Waals surface area contributed by atoms with Gasteiger partial charge in [0.2, 0.25) is 11.8 Å². The maximum atomic E-state index is 12.7. The molecule has 0 radical (unpaired) electrons. The summed E-state index contributed by atoms with van der Waals surface area (Å²) in [5.74, 6) is -0.673. The predicted octanol–water partition coefficient (Wildman–Crippen LogP) is 1.79. The number of likely N-dealkylation sites (N-methyl/N-ethyl adjacent to an activating group) is 1. The Labute approximate surface area is 164 Å². The van der Waals surface area contributed by atoms with E-state index >= 15 is 0 Å². The lowest BCUT2D eigenvalue weighted by molar-refractivity contribution is -0.118. The van der Waals surface area contributed by atoms with Crippen LogP contribution in [0.1, 0.15) is 21.5 Å². The number of carbonyl (C=O) groups is 3. The number of rotatable bonds is 5. The zero-order valence-electron chi connectivity index (χ0n) is 16.2. The number of carbonyl (C=O) groups excluding carboxylic acids is 3.